The van der Waals surface area contributed by atoms with Gasteiger partial charge in [0.25, 0.3) is 0 Å². The lowest BCUT2D eigenvalue weighted by Gasteiger charge is -2.16. The van der Waals surface area contributed by atoms with E-state index < -0.39 is 0 Å². The highest BCUT2D eigenvalue weighted by Gasteiger charge is 2.04. The number of nitrogens with one attached hydrogen (secondary N) is 1. The number of nitrogens with zero attached hydrogens (tertiary/aromatic N) is 1. The Kier molecular flexibility index (Phi) is 4.40. The first kappa shape index (κ1) is 11.0. The lowest BCUT2D eigenvalue weighted by Crippen LogP contribution is -2.28. The van der Waals surface area contributed by atoms with Crippen molar-refractivity contribution in [1.29, 1.82) is 0 Å². The molecule has 0 aliphatic carbocycles. The Hall–Kier alpha value is -1.09. The molecular weight excluding hydrogens is 174 g/mol. The first-order valence-corrected chi connectivity index (χ1v) is 5.15. The van der Waals surface area contributed by atoms with Gasteiger partial charge in [0.05, 0.1) is 0 Å². The van der Waals surface area contributed by atoms with Gasteiger partial charge in [0.2, 0.25) is 0 Å². The molecule has 1 rings (SSSR count). The topological polar surface area (TPSA) is 50.9 Å². The van der Waals surface area contributed by atoms with Crippen LogP contribution in [0.1, 0.15) is 25.3 Å². The number of aromatic nitrogens is 1. The normalized spacial score (nSPS) is 12.5. The van der Waals surface area contributed by atoms with Crippen molar-refractivity contribution in [2.45, 2.75) is 32.7 Å². The highest BCUT2D eigenvalue weighted by molar-refractivity contribution is 5.36. The Bertz CT molecular complexity index is 256. The van der Waals surface area contributed by atoms with Crippen molar-refractivity contribution in [1.82, 2.24) is 4.98 Å². The molecule has 0 bridgehead atoms. The maximum atomic E-state index is 5.65. The van der Waals surface area contributed by atoms with Gasteiger partial charge in [-0.3, -0.25) is 0 Å². The van der Waals surface area contributed by atoms with Crippen LogP contribution in [-0.4, -0.2) is 17.6 Å². The molecule has 1 atom stereocenters. The maximum absolute atomic E-state index is 5.65. The molecule has 0 aliphatic rings. The van der Waals surface area contributed by atoms with Gasteiger partial charge in [0, 0.05) is 18.8 Å². The lowest BCUT2D eigenvalue weighted by atomic mass is 10.1. The number of nitrogens with two attached hydrogens (primary N) is 1. The number of hydrogen-bond acceptors (Lipinski definition) is 3. The highest BCUT2D eigenvalue weighted by atomic mass is 15.0. The first-order valence-electron chi connectivity index (χ1n) is 5.15. The second-order valence-electron chi connectivity index (χ2n) is 3.59. The van der Waals surface area contributed by atoms with Gasteiger partial charge in [0.15, 0.2) is 0 Å². The van der Waals surface area contributed by atoms with Crippen LogP contribution in [0.2, 0.25) is 0 Å². The number of rotatable bonds is 5. The van der Waals surface area contributed by atoms with E-state index in [0.29, 0.717) is 12.6 Å². The van der Waals surface area contributed by atoms with Crippen LogP contribution >= 0.6 is 0 Å². The lowest BCUT2D eigenvalue weighted by molar-refractivity contribution is 0.646. The third kappa shape index (κ3) is 3.34. The van der Waals surface area contributed by atoms with Gasteiger partial charge in [-0.1, -0.05) is 19.4 Å². The summed E-state index contributed by atoms with van der Waals surface area (Å²) < 4.78 is 0. The zero-order valence-corrected chi connectivity index (χ0v) is 8.96. The quantitative estimate of drug-likeness (QED) is 0.751. The van der Waals surface area contributed by atoms with E-state index in [4.69, 9.17) is 5.73 Å². The fourth-order valence-corrected chi connectivity index (χ4v) is 1.36. The first-order chi connectivity index (χ1) is 6.76. The summed E-state index contributed by atoms with van der Waals surface area (Å²) in [5.74, 6) is 0.916. The molecule has 1 heterocycles. The fraction of sp³-hybridized carbons (Fsp3) is 0.545. The van der Waals surface area contributed by atoms with Crippen molar-refractivity contribution in [3.05, 3.63) is 23.9 Å². The Morgan fingerprint density at radius 1 is 1.50 bits per heavy atom. The van der Waals surface area contributed by atoms with E-state index in [1.54, 1.807) is 0 Å². The minimum absolute atomic E-state index is 0.343. The number of anilines is 1. The summed E-state index contributed by atoms with van der Waals surface area (Å²) in [4.78, 5) is 4.28. The van der Waals surface area contributed by atoms with Crippen molar-refractivity contribution < 1.29 is 0 Å². The second-order valence-corrected chi connectivity index (χ2v) is 3.59. The highest BCUT2D eigenvalue weighted by Crippen LogP contribution is 2.07. The van der Waals surface area contributed by atoms with Gasteiger partial charge in [-0.2, -0.15) is 0 Å². The largest absolute Gasteiger partial charge is 0.366 e. The summed E-state index contributed by atoms with van der Waals surface area (Å²) in [6.45, 7) is 4.85. The van der Waals surface area contributed by atoms with Crippen molar-refractivity contribution in [2.24, 2.45) is 5.73 Å². The Morgan fingerprint density at radius 3 is 2.79 bits per heavy atom. The summed E-state index contributed by atoms with van der Waals surface area (Å²) in [6, 6.07) is 4.39. The minimum Gasteiger partial charge on any atom is -0.366 e. The molecule has 0 fully saturated rings. The van der Waals surface area contributed by atoms with Crippen molar-refractivity contribution in [3.63, 3.8) is 0 Å². The van der Waals surface area contributed by atoms with Crippen molar-refractivity contribution >= 4 is 5.82 Å². The molecule has 0 saturated carbocycles. The molecule has 0 saturated heterocycles. The molecule has 0 aliphatic heterocycles. The zero-order chi connectivity index (χ0) is 10.4. The van der Waals surface area contributed by atoms with E-state index in [9.17, 15) is 0 Å². The average Bonchev–Trinajstić information content (AvgIpc) is 2.20. The molecule has 1 aromatic rings. The Labute approximate surface area is 85.7 Å². The van der Waals surface area contributed by atoms with Crippen LogP contribution < -0.4 is 11.1 Å². The van der Waals surface area contributed by atoms with Crippen LogP contribution in [0.4, 0.5) is 5.82 Å². The molecule has 1 unspecified atom stereocenters. The molecule has 1 aromatic heterocycles. The van der Waals surface area contributed by atoms with Crippen LogP contribution in [0, 0.1) is 6.92 Å². The van der Waals surface area contributed by atoms with E-state index in [0.717, 1.165) is 18.7 Å². The van der Waals surface area contributed by atoms with E-state index in [-0.39, 0.29) is 0 Å². The molecular formula is C11H19N3. The molecule has 3 heteroatoms. The molecule has 3 N–H and O–H groups in total. The van der Waals surface area contributed by atoms with Gasteiger partial charge < -0.3 is 11.1 Å². The predicted octanol–water partition coefficient (Wildman–Crippen LogP) is 1.93. The predicted molar refractivity (Wildman–Crippen MR) is 60.3 cm³/mol. The van der Waals surface area contributed by atoms with E-state index >= 15 is 0 Å². The van der Waals surface area contributed by atoms with Gasteiger partial charge >= 0.3 is 0 Å². The molecule has 14 heavy (non-hydrogen) atoms. The fourth-order valence-electron chi connectivity index (χ4n) is 1.36. The molecule has 0 aromatic carbocycles. The van der Waals surface area contributed by atoms with Crippen LogP contribution in [0.25, 0.3) is 0 Å². The minimum atomic E-state index is 0.343. The van der Waals surface area contributed by atoms with Crippen LogP contribution in [0.5, 0.6) is 0 Å². The van der Waals surface area contributed by atoms with E-state index in [2.05, 4.69) is 23.3 Å². The van der Waals surface area contributed by atoms with E-state index in [1.807, 2.05) is 19.2 Å². The molecule has 0 amide bonds. The third-order valence-electron chi connectivity index (χ3n) is 2.19. The zero-order valence-electron chi connectivity index (χ0n) is 8.96. The number of pyridine rings is 1. The second kappa shape index (κ2) is 5.60. The summed E-state index contributed by atoms with van der Waals surface area (Å²) in [5, 5.41) is 3.32. The monoisotopic (exact) mass is 193 g/mol. The Morgan fingerprint density at radius 2 is 2.29 bits per heavy atom. The Balaban J connectivity index is 2.53. The number of aryl methyl sites for hydroxylation is 1. The number of hydrogen-bond donors (Lipinski definition) is 2. The van der Waals surface area contributed by atoms with Crippen LogP contribution in [0.15, 0.2) is 18.3 Å². The van der Waals surface area contributed by atoms with E-state index in [1.165, 1.54) is 5.56 Å². The summed E-state index contributed by atoms with van der Waals surface area (Å²) in [6.07, 6.45) is 4.09. The van der Waals surface area contributed by atoms with Gasteiger partial charge in [-0.05, 0) is 25.0 Å². The smallest absolute Gasteiger partial charge is 0.126 e. The van der Waals surface area contributed by atoms with Crippen LogP contribution in [0.3, 0.4) is 0 Å². The third-order valence-corrected chi connectivity index (χ3v) is 2.19. The van der Waals surface area contributed by atoms with Crippen molar-refractivity contribution in [3.8, 4) is 0 Å². The van der Waals surface area contributed by atoms with Gasteiger partial charge in [-0.15, -0.1) is 0 Å². The van der Waals surface area contributed by atoms with Crippen LogP contribution in [-0.2, 0) is 0 Å². The average molecular weight is 193 g/mol. The maximum Gasteiger partial charge on any atom is 0.126 e. The molecule has 0 spiro atoms. The standard InChI is InChI=1S/C11H19N3/c1-3-4-10(7-12)14-11-6-5-9(2)8-13-11/h5-6,8,10H,3-4,7,12H2,1-2H3,(H,13,14). The van der Waals surface area contributed by atoms with Crippen molar-refractivity contribution in [2.75, 3.05) is 11.9 Å². The molecule has 3 nitrogen and oxygen atoms in total. The summed E-state index contributed by atoms with van der Waals surface area (Å²) in [5.41, 5.74) is 6.82. The molecule has 0 radical (unpaired) electrons. The molecule has 78 valence electrons. The SMILES string of the molecule is CCCC(CN)Nc1ccc(C)cn1. The van der Waals surface area contributed by atoms with Gasteiger partial charge in [0.1, 0.15) is 5.82 Å². The summed E-state index contributed by atoms with van der Waals surface area (Å²) >= 11 is 0. The summed E-state index contributed by atoms with van der Waals surface area (Å²) in [7, 11) is 0. The van der Waals surface area contributed by atoms with Gasteiger partial charge in [-0.25, -0.2) is 4.98 Å².